The molecule has 24 rings (SSSR count). The number of phenols is 5. The van der Waals surface area contributed by atoms with E-state index in [2.05, 4.69) is 46.9 Å². The molecule has 1 aromatic heterocycles. The summed E-state index contributed by atoms with van der Waals surface area (Å²) in [5.41, 5.74) is 8.35. The van der Waals surface area contributed by atoms with Crippen molar-refractivity contribution in [3.05, 3.63) is 189 Å². The van der Waals surface area contributed by atoms with Gasteiger partial charge in [0.15, 0.2) is 57.5 Å². The first-order chi connectivity index (χ1) is 71.4. The number of nitrogens with two attached hydrogens (primary N) is 1. The standard InChI is InChI=1S/C22H20N4O7.C22H22N2O8.C20H20N2O9S.C20H25NO9.C14H16N2O7/c27-17-14-10(6-12-21(17)33-8-32-12)13-15(24-22(14)31)18(28)20(30)19(29)16(13)26-11(7-23-25-26)9-4-2-1-3-5-9;25-12(6-9-4-2-1-3-5-9)23-15-13-10-7-11-21(32-8-31-11)17(26)14(10)22(30)24-16(13)19(28)20(29)18(15)27;23-15-12-9(6-10-19(15)31-7-30-10)11-13(21-20(12)27)16(24)18(26)17(25)14(11)22-32(28,29)8-4-2-1-3-5-8;1-20(2,3)30-10(22)5-8-11-7-4-9-18(29-6-28-9)15(24)12(7)19(27)21-13(11)16(25)17(26)14(8)23;15-7-5-3-1-4-13(23-2-22-4)9(17)6(3)14(21)16-8(5)11(19)12(20)10(7)18/h1-7,13,15-16,18-20,27-30H,8H2,(H,24,31);1-5,7,13,15-16,18-20,26-29H,6,8H2,(H,23,25)(H,24,30);1-6,11,13-14,16-18,22-26H,7H2,(H,21,27);4,8,11,13-14,16-17,23-26H,5-6H2,1-3H3,(H,21,27);1,5,7-8,10-12,17-20H,2,15H2,(H,16,21)/t13-,15-,16-,18+,19+,20+;13-,15+,16+,18-,19-,20+;11-,13-,14-,16+,17+,18+;8-,11+,13-,14+,16+,17-;5-,7+,8+,10-,11-,12+/m10110/s1. The van der Waals surface area contributed by atoms with E-state index in [1.165, 1.54) is 59.4 Å². The van der Waals surface area contributed by atoms with E-state index >= 15 is 0 Å². The molecular weight excluding hydrogens is 2000 g/mol. The molecule has 0 saturated heterocycles. The van der Waals surface area contributed by atoms with Gasteiger partial charge in [-0.05, 0) is 96.6 Å². The third kappa shape index (κ3) is 17.5. The fraction of sp³-hybridized carbons (Fsp3) is 0.418. The molecule has 8 aromatic carbocycles. The van der Waals surface area contributed by atoms with Crippen LogP contribution < -0.4 is 89.7 Å². The highest BCUT2D eigenvalue weighted by molar-refractivity contribution is 7.89. The Balaban J connectivity index is 0.000000114. The maximum Gasteiger partial charge on any atom is 0.306 e. The number of aliphatic hydroxyl groups is 15. The number of nitrogens with zero attached hydrogens (tertiary/aromatic N) is 3. The molecule has 11 heterocycles. The summed E-state index contributed by atoms with van der Waals surface area (Å²) in [6.07, 6.45) is -21.7. The van der Waals surface area contributed by atoms with E-state index in [0.29, 0.717) is 22.4 Å². The SMILES string of the molecule is CC(C)(C)OC(=O)C[C@H]1[C@H](O)[C@@H](O)[C@@H](O)[C@@H]2NC(=O)c3c(cc4c(c3O)OCO4)[C@@H]12.N[C@H]1[C@H](O)[C@@H](O)[C@@H](O)[C@@H]2NC(=O)c3c(cc4c(c3O)OCO4)[C@@H]12.O=C(Cc1ccccc1)N[C@H]1[C@H](O)[C@@H](O)[C@@H](O)[C@@H]2NC(=O)c3c(cc4c(c3O)OCO4)[C@@H]12.O=C1N[C@H]2[C@H](O)[C@H](O)[C@@H](O)[C@H](NS(=O)(=O)c3ccccc3)[C@@H]2c2cc3c(c(O)c21)OCO3.O=C1N[C@H]2[C@H](O)[C@H](O)[C@@H](O)[C@H](n3nncc3-c3ccccc3)[C@@H]2c2cc3c(c(O)c21)OCO3. The number of nitrogens with one attached hydrogen (secondary N) is 7. The predicted octanol–water partition coefficient (Wildman–Crippen LogP) is -4.69. The second-order valence-electron chi connectivity index (χ2n) is 39.3. The van der Waals surface area contributed by atoms with Crippen molar-refractivity contribution in [1.29, 1.82) is 0 Å². The Morgan fingerprint density at radius 1 is 0.407 bits per heavy atom. The highest BCUT2D eigenvalue weighted by Gasteiger charge is 2.62. The van der Waals surface area contributed by atoms with Crippen LogP contribution in [0.4, 0.5) is 0 Å². The molecular formula is C98H103N11O40S. The van der Waals surface area contributed by atoms with Gasteiger partial charge in [-0.2, -0.15) is 0 Å². The fourth-order valence-corrected chi connectivity index (χ4v) is 24.0. The molecule has 796 valence electrons. The quantitative estimate of drug-likeness (QED) is 0.0572. The highest BCUT2D eigenvalue weighted by Crippen LogP contribution is 2.59. The number of carbonyl (C=O) groups excluding carboxylic acids is 7. The molecule has 0 radical (unpaired) electrons. The molecule has 52 heteroatoms. The van der Waals surface area contributed by atoms with Gasteiger partial charge in [0.2, 0.25) is 78.6 Å². The van der Waals surface area contributed by atoms with Crippen LogP contribution in [0.15, 0.2) is 132 Å². The van der Waals surface area contributed by atoms with Crippen molar-refractivity contribution in [2.75, 3.05) is 34.0 Å². The first-order valence-corrected chi connectivity index (χ1v) is 48.8. The number of aliphatic hydroxyl groups excluding tert-OH is 15. The molecule has 0 bridgehead atoms. The van der Waals surface area contributed by atoms with Crippen LogP contribution in [0.2, 0.25) is 0 Å². The normalized spacial score (nSPS) is 31.8. The van der Waals surface area contributed by atoms with Crippen LogP contribution in [-0.2, 0) is 30.8 Å². The summed E-state index contributed by atoms with van der Waals surface area (Å²) in [6, 6.07) is 23.9. The van der Waals surface area contributed by atoms with Crippen LogP contribution in [0, 0.1) is 5.92 Å². The van der Waals surface area contributed by atoms with Gasteiger partial charge in [0.05, 0.1) is 124 Å². The molecule has 5 fully saturated rings. The van der Waals surface area contributed by atoms with Crippen LogP contribution in [-0.4, -0.2) is 346 Å². The van der Waals surface area contributed by atoms with Crippen molar-refractivity contribution in [3.63, 3.8) is 0 Å². The largest absolute Gasteiger partial charge is 0.504 e. The minimum Gasteiger partial charge on any atom is -0.504 e. The molecule has 5 aliphatic carbocycles. The maximum absolute atomic E-state index is 13.0. The van der Waals surface area contributed by atoms with Crippen LogP contribution in [0.25, 0.3) is 11.3 Å². The first kappa shape index (κ1) is 103. The van der Waals surface area contributed by atoms with Gasteiger partial charge >= 0.3 is 5.97 Å². The summed E-state index contributed by atoms with van der Waals surface area (Å²) in [6.45, 7) is 4.47. The molecule has 10 aliphatic heterocycles. The number of sulfonamides is 1. The summed E-state index contributed by atoms with van der Waals surface area (Å²) in [7, 11) is -4.16. The van der Waals surface area contributed by atoms with E-state index in [1.54, 1.807) is 57.2 Å². The Bertz CT molecular complexity index is 6970. The highest BCUT2D eigenvalue weighted by atomic mass is 32.2. The molecule has 15 aliphatic rings. The number of hydrogen-bond donors (Lipinski definition) is 28. The zero-order valence-electron chi connectivity index (χ0n) is 78.8. The molecule has 0 spiro atoms. The van der Waals surface area contributed by atoms with Gasteiger partial charge in [0.1, 0.15) is 78.8 Å². The van der Waals surface area contributed by atoms with E-state index in [0.717, 1.165) is 11.1 Å². The van der Waals surface area contributed by atoms with Crippen molar-refractivity contribution in [1.82, 2.24) is 51.6 Å². The van der Waals surface area contributed by atoms with Crippen LogP contribution in [0.1, 0.15) is 148 Å². The summed E-state index contributed by atoms with van der Waals surface area (Å²) in [4.78, 5) is 88.7. The predicted molar refractivity (Wildman–Crippen MR) is 500 cm³/mol. The lowest BCUT2D eigenvalue weighted by Gasteiger charge is -2.49. The average molecular weight is 2110 g/mol. The van der Waals surface area contributed by atoms with Crippen molar-refractivity contribution in [2.45, 2.75) is 220 Å². The van der Waals surface area contributed by atoms with Crippen LogP contribution in [0.3, 0.4) is 0 Å². The lowest BCUT2D eigenvalue weighted by Crippen LogP contribution is -2.69. The van der Waals surface area contributed by atoms with Gasteiger partial charge in [-0.25, -0.2) is 17.8 Å². The van der Waals surface area contributed by atoms with Crippen LogP contribution in [0.5, 0.6) is 86.2 Å². The minimum atomic E-state index is -4.16. The number of phenolic OH excluding ortho intramolecular Hbond substituents is 5. The van der Waals surface area contributed by atoms with Gasteiger partial charge < -0.3 is 192 Å². The second kappa shape index (κ2) is 39.4. The number of fused-ring (bicyclic) bond motifs is 20. The average Bonchev–Trinajstić information content (AvgIpc) is 1.35. The minimum absolute atomic E-state index is 0.0262. The summed E-state index contributed by atoms with van der Waals surface area (Å²) >= 11 is 0. The third-order valence-corrected chi connectivity index (χ3v) is 31.1. The van der Waals surface area contributed by atoms with Gasteiger partial charge in [-0.15, -0.1) is 5.10 Å². The molecule has 30 atom stereocenters. The number of amides is 6. The second-order valence-corrected chi connectivity index (χ2v) is 41.0. The van der Waals surface area contributed by atoms with E-state index in [1.807, 2.05) is 36.4 Å². The van der Waals surface area contributed by atoms with Crippen molar-refractivity contribution < 1.29 is 196 Å². The van der Waals surface area contributed by atoms with Crippen molar-refractivity contribution in [2.24, 2.45) is 11.7 Å². The molecule has 6 amide bonds. The molecule has 5 saturated carbocycles. The lowest BCUT2D eigenvalue weighted by atomic mass is 9.64. The zero-order chi connectivity index (χ0) is 107. The van der Waals surface area contributed by atoms with Crippen molar-refractivity contribution in [3.8, 4) is 97.5 Å². The molecule has 29 N–H and O–H groups in total. The molecule has 0 unspecified atom stereocenters. The summed E-state index contributed by atoms with van der Waals surface area (Å²) in [5.74, 6) is -10.3. The Morgan fingerprint density at radius 3 is 1.14 bits per heavy atom. The number of carbonyl (C=O) groups is 7. The number of aromatic nitrogens is 3. The van der Waals surface area contributed by atoms with E-state index in [-0.39, 0.29) is 160 Å². The number of esters is 1. The smallest absolute Gasteiger partial charge is 0.306 e. The number of aromatic hydroxyl groups is 5. The van der Waals surface area contributed by atoms with E-state index in [9.17, 15) is 144 Å². The Hall–Kier alpha value is -14.5. The Morgan fingerprint density at radius 2 is 0.733 bits per heavy atom. The Labute approximate surface area is 846 Å². The summed E-state index contributed by atoms with van der Waals surface area (Å²) < 4.78 is 88.0. The number of ether oxygens (including phenoxy) is 11. The summed E-state index contributed by atoms with van der Waals surface area (Å²) in [5, 5.41) is 234. The van der Waals surface area contributed by atoms with Crippen molar-refractivity contribution >= 4 is 51.4 Å². The number of hydrogen-bond acceptors (Lipinski definition) is 43. The van der Waals surface area contributed by atoms with Gasteiger partial charge in [0.25, 0.3) is 29.5 Å². The van der Waals surface area contributed by atoms with E-state index in [4.69, 9.17) is 57.8 Å². The van der Waals surface area contributed by atoms with Gasteiger partial charge in [0, 0.05) is 47.1 Å². The van der Waals surface area contributed by atoms with Gasteiger partial charge in [-0.1, -0.05) is 84.1 Å². The monoisotopic (exact) mass is 2110 g/mol. The van der Waals surface area contributed by atoms with Crippen LogP contribution >= 0.6 is 0 Å². The first-order valence-electron chi connectivity index (χ1n) is 47.3. The molecule has 150 heavy (non-hydrogen) atoms. The Kier molecular flexibility index (Phi) is 27.0. The van der Waals surface area contributed by atoms with E-state index < -0.39 is 256 Å². The molecule has 9 aromatic rings. The number of benzene rings is 8. The fourth-order valence-electron chi connectivity index (χ4n) is 22.8. The maximum atomic E-state index is 13.0. The topological polar surface area (TPSA) is 801 Å². The third-order valence-electron chi connectivity index (χ3n) is 29.6. The van der Waals surface area contributed by atoms with Gasteiger partial charge in [-0.3, -0.25) is 33.6 Å². The lowest BCUT2D eigenvalue weighted by molar-refractivity contribution is -0.165. The molecule has 51 nitrogen and oxygen atoms in total. The number of rotatable bonds is 10. The zero-order valence-corrected chi connectivity index (χ0v) is 79.6.